The fourth-order valence-corrected chi connectivity index (χ4v) is 8.39. The summed E-state index contributed by atoms with van der Waals surface area (Å²) >= 11 is 0. The van der Waals surface area contributed by atoms with Crippen molar-refractivity contribution in [2.75, 3.05) is 34.5 Å². The lowest BCUT2D eigenvalue weighted by Crippen LogP contribution is -2.51. The van der Waals surface area contributed by atoms with Crippen molar-refractivity contribution in [2.24, 2.45) is 5.92 Å². The lowest BCUT2D eigenvalue weighted by atomic mass is 9.92. The van der Waals surface area contributed by atoms with E-state index in [-0.39, 0.29) is 29.8 Å². The summed E-state index contributed by atoms with van der Waals surface area (Å²) in [7, 11) is 4.16. The Hall–Kier alpha value is -6.16. The molecule has 16 heteroatoms. The third-order valence-electron chi connectivity index (χ3n) is 11.7. The first-order valence-corrected chi connectivity index (χ1v) is 21.3. The average Bonchev–Trinajstić information content (AvgIpc) is 3.95. The number of hydrogen-bond acceptors (Lipinski definition) is 10. The Kier molecular flexibility index (Phi) is 14.4. The smallest absolute Gasteiger partial charge is 0.407 e. The SMILES string of the molecule is CCCC(CC)N(C(=O)C(C)NC(=O)OC)C(C)c1ncc(-c2ccc3c(c2)COc2cc4c(ccc5[nH]c(C(C)N(CC(C)COC)C(=O)C(C)NC(=O)OC)nc54)cc2-3)[nH]1. The highest BCUT2D eigenvalue weighted by Crippen LogP contribution is 2.43. The molecule has 0 fully saturated rings. The summed E-state index contributed by atoms with van der Waals surface area (Å²) in [5, 5.41) is 7.11. The molecule has 0 bridgehead atoms. The molecule has 6 rings (SSSR count). The fourth-order valence-electron chi connectivity index (χ4n) is 8.39. The van der Waals surface area contributed by atoms with Crippen LogP contribution in [0.4, 0.5) is 9.59 Å². The number of rotatable bonds is 17. The summed E-state index contributed by atoms with van der Waals surface area (Å²) < 4.78 is 21.3. The highest BCUT2D eigenvalue weighted by Gasteiger charge is 2.34. The Morgan fingerprint density at radius 3 is 2.21 bits per heavy atom. The molecule has 2 aromatic heterocycles. The van der Waals surface area contributed by atoms with Crippen molar-refractivity contribution in [1.82, 2.24) is 40.4 Å². The number of imidazole rings is 2. The van der Waals surface area contributed by atoms with Gasteiger partial charge in [-0.25, -0.2) is 19.6 Å². The molecule has 1 aliphatic heterocycles. The summed E-state index contributed by atoms with van der Waals surface area (Å²) in [5.74, 6) is 1.55. The largest absolute Gasteiger partial charge is 0.488 e. The molecule has 3 heterocycles. The number of carbonyl (C=O) groups is 4. The lowest BCUT2D eigenvalue weighted by Gasteiger charge is -2.37. The molecule has 16 nitrogen and oxygen atoms in total. The van der Waals surface area contributed by atoms with Crippen molar-refractivity contribution in [1.29, 1.82) is 0 Å². The number of hydrogen-bond donors (Lipinski definition) is 4. The summed E-state index contributed by atoms with van der Waals surface area (Å²) in [4.78, 5) is 71.8. The molecule has 0 saturated heterocycles. The van der Waals surface area contributed by atoms with Gasteiger partial charge in [-0.2, -0.15) is 0 Å². The van der Waals surface area contributed by atoms with Gasteiger partial charge < -0.3 is 49.3 Å². The normalized spacial score (nSPS) is 14.9. The Bertz CT molecular complexity index is 2410. The van der Waals surface area contributed by atoms with E-state index in [0.717, 1.165) is 74.8 Å². The molecule has 5 aromatic rings. The topological polar surface area (TPSA) is 193 Å². The predicted molar refractivity (Wildman–Crippen MR) is 236 cm³/mol. The van der Waals surface area contributed by atoms with E-state index in [4.69, 9.17) is 28.9 Å². The van der Waals surface area contributed by atoms with E-state index in [1.165, 1.54) is 14.2 Å². The minimum Gasteiger partial charge on any atom is -0.488 e. The van der Waals surface area contributed by atoms with E-state index >= 15 is 0 Å². The van der Waals surface area contributed by atoms with Crippen LogP contribution in [-0.4, -0.2) is 106 Å². The molecule has 0 radical (unpaired) electrons. The monoisotopic (exact) mass is 852 g/mol. The van der Waals surface area contributed by atoms with Crippen LogP contribution in [0.5, 0.6) is 5.75 Å². The van der Waals surface area contributed by atoms with E-state index < -0.39 is 30.3 Å². The van der Waals surface area contributed by atoms with Crippen LogP contribution in [0.3, 0.4) is 0 Å². The zero-order valence-electron chi connectivity index (χ0n) is 37.4. The maximum Gasteiger partial charge on any atom is 0.407 e. The van der Waals surface area contributed by atoms with Crippen LogP contribution >= 0.6 is 0 Å². The quantitative estimate of drug-likeness (QED) is 0.0718. The Balaban J connectivity index is 1.27. The molecule has 4 N–H and O–H groups in total. The zero-order chi connectivity index (χ0) is 44.8. The molecule has 3 aromatic carbocycles. The van der Waals surface area contributed by atoms with Gasteiger partial charge >= 0.3 is 12.2 Å². The number of nitrogens with one attached hydrogen (secondary N) is 4. The molecular weight excluding hydrogens is 793 g/mol. The zero-order valence-corrected chi connectivity index (χ0v) is 37.4. The summed E-state index contributed by atoms with van der Waals surface area (Å²) in [5.41, 5.74) is 6.37. The summed E-state index contributed by atoms with van der Waals surface area (Å²) in [6.45, 7) is 14.5. The van der Waals surface area contributed by atoms with Crippen LogP contribution < -0.4 is 15.4 Å². The fraction of sp³-hybridized carbons (Fsp3) is 0.478. The molecule has 0 saturated carbocycles. The van der Waals surface area contributed by atoms with E-state index in [0.29, 0.717) is 31.4 Å². The van der Waals surface area contributed by atoms with Gasteiger partial charge in [-0.1, -0.05) is 45.4 Å². The third-order valence-corrected chi connectivity index (χ3v) is 11.7. The molecule has 1 aliphatic rings. The van der Waals surface area contributed by atoms with Gasteiger partial charge in [0.15, 0.2) is 0 Å². The highest BCUT2D eigenvalue weighted by molar-refractivity contribution is 6.07. The van der Waals surface area contributed by atoms with Gasteiger partial charge in [-0.3, -0.25) is 9.59 Å². The molecular formula is C46H60N8O8. The van der Waals surface area contributed by atoms with Gasteiger partial charge in [0, 0.05) is 30.6 Å². The van der Waals surface area contributed by atoms with E-state index in [1.807, 2.05) is 37.8 Å². The lowest BCUT2D eigenvalue weighted by molar-refractivity contribution is -0.138. The van der Waals surface area contributed by atoms with Crippen molar-refractivity contribution in [3.8, 4) is 28.1 Å². The average molecular weight is 853 g/mol. The first-order chi connectivity index (χ1) is 29.7. The van der Waals surface area contributed by atoms with Gasteiger partial charge in [0.2, 0.25) is 11.8 Å². The maximum atomic E-state index is 13.8. The van der Waals surface area contributed by atoms with Crippen LogP contribution in [0.15, 0.2) is 48.7 Å². The van der Waals surface area contributed by atoms with Gasteiger partial charge in [-0.15, -0.1) is 0 Å². The van der Waals surface area contributed by atoms with E-state index in [9.17, 15) is 19.2 Å². The molecule has 6 unspecified atom stereocenters. The first kappa shape index (κ1) is 45.4. The minimum absolute atomic E-state index is 0.0236. The number of fused-ring (bicyclic) bond motifs is 6. The maximum absolute atomic E-state index is 13.8. The Morgan fingerprint density at radius 1 is 0.839 bits per heavy atom. The number of amides is 4. The third kappa shape index (κ3) is 9.49. The summed E-state index contributed by atoms with van der Waals surface area (Å²) in [6.07, 6.45) is 2.92. The molecule has 0 spiro atoms. The number of methoxy groups -OCH3 is 3. The number of alkyl carbamates (subject to hydrolysis) is 2. The van der Waals surface area contributed by atoms with E-state index in [2.05, 4.69) is 64.8 Å². The second kappa shape index (κ2) is 19.7. The molecule has 6 atom stereocenters. The molecule has 62 heavy (non-hydrogen) atoms. The number of ether oxygens (including phenoxy) is 4. The van der Waals surface area contributed by atoms with Crippen molar-refractivity contribution in [2.45, 2.75) is 105 Å². The molecule has 4 amide bonds. The molecule has 0 aliphatic carbocycles. The Labute approximate surface area is 362 Å². The van der Waals surface area contributed by atoms with Gasteiger partial charge in [0.1, 0.15) is 36.1 Å². The van der Waals surface area contributed by atoms with Crippen LogP contribution in [0.25, 0.3) is 44.2 Å². The van der Waals surface area contributed by atoms with Crippen molar-refractivity contribution in [3.63, 3.8) is 0 Å². The van der Waals surface area contributed by atoms with Gasteiger partial charge in [-0.05, 0) is 92.8 Å². The van der Waals surface area contributed by atoms with Crippen molar-refractivity contribution < 1.29 is 38.1 Å². The number of H-pyrrole nitrogens is 2. The number of nitrogens with zero attached hydrogens (tertiary/aromatic N) is 4. The van der Waals surface area contributed by atoms with Crippen LogP contribution in [0, 0.1) is 5.92 Å². The first-order valence-electron chi connectivity index (χ1n) is 21.3. The van der Waals surface area contributed by atoms with Crippen molar-refractivity contribution >= 4 is 45.8 Å². The number of aromatic amines is 2. The standard InChI is InChI=1S/C46H60N8O8/c1-11-13-33(12-2)54(44(56)27(5)49-46(58)61-10)29(7)41-47-21-38(51-41)31-14-16-34-32(18-31)24-62-39-20-35-30(19-36(34)39)15-17-37-40(35)52-42(50-37)28(6)53(22-25(3)23-59-8)43(55)26(4)48-45(57)60-9/h14-21,25-29,33H,11-13,22-24H2,1-10H3,(H,47,51)(H,48,57)(H,49,58)(H,50,52). The van der Waals surface area contributed by atoms with E-state index in [1.54, 1.807) is 32.1 Å². The predicted octanol–water partition coefficient (Wildman–Crippen LogP) is 7.80. The summed E-state index contributed by atoms with van der Waals surface area (Å²) in [6, 6.07) is 12.0. The van der Waals surface area contributed by atoms with Gasteiger partial charge in [0.25, 0.3) is 0 Å². The number of aromatic nitrogens is 4. The van der Waals surface area contributed by atoms with Crippen LogP contribution in [-0.2, 0) is 30.4 Å². The van der Waals surface area contributed by atoms with Crippen LogP contribution in [0.1, 0.15) is 97.0 Å². The number of carbonyl (C=O) groups excluding carboxylic acids is 4. The Morgan fingerprint density at radius 2 is 1.55 bits per heavy atom. The second-order valence-electron chi connectivity index (χ2n) is 16.2. The second-order valence-corrected chi connectivity index (χ2v) is 16.2. The highest BCUT2D eigenvalue weighted by atomic mass is 16.5. The minimum atomic E-state index is -0.821. The van der Waals surface area contributed by atoms with Gasteiger partial charge in [0.05, 0.1) is 55.8 Å². The van der Waals surface area contributed by atoms with Crippen molar-refractivity contribution in [3.05, 3.63) is 65.9 Å². The van der Waals surface area contributed by atoms with Crippen LogP contribution in [0.2, 0.25) is 0 Å². The number of benzene rings is 3. The molecule has 332 valence electrons.